The Hall–Kier alpha value is -3.51. The van der Waals surface area contributed by atoms with Crippen LogP contribution in [0.3, 0.4) is 0 Å². The molecule has 1 aliphatic rings. The highest BCUT2D eigenvalue weighted by atomic mass is 32.2. The first kappa shape index (κ1) is 22.7. The lowest BCUT2D eigenvalue weighted by Crippen LogP contribution is -2.35. The molecule has 0 N–H and O–H groups in total. The fraction of sp³-hybridized carbons (Fsp3) is 0.185. The monoisotopic (exact) mass is 458 g/mol. The van der Waals surface area contributed by atoms with Crippen LogP contribution in [0.15, 0.2) is 88.8 Å². The number of aliphatic imine (C=N–C) groups is 1. The van der Waals surface area contributed by atoms with E-state index in [-0.39, 0.29) is 11.9 Å². The molecular formula is C27H26N2O3S. The number of carbonyl (C=O) groups is 1. The first-order valence-corrected chi connectivity index (χ1v) is 11.6. The third-order valence-electron chi connectivity index (χ3n) is 5.06. The van der Waals surface area contributed by atoms with Gasteiger partial charge in [-0.05, 0) is 67.1 Å². The van der Waals surface area contributed by atoms with E-state index < -0.39 is 0 Å². The highest BCUT2D eigenvalue weighted by molar-refractivity contribution is 8.18. The van der Waals surface area contributed by atoms with Crippen molar-refractivity contribution in [2.75, 3.05) is 7.11 Å². The number of para-hydroxylation sites is 1. The van der Waals surface area contributed by atoms with Crippen LogP contribution in [-0.4, -0.2) is 29.1 Å². The van der Waals surface area contributed by atoms with Gasteiger partial charge in [-0.3, -0.25) is 9.69 Å². The summed E-state index contributed by atoms with van der Waals surface area (Å²) in [6.45, 7) is 4.43. The Morgan fingerprint density at radius 3 is 2.33 bits per heavy atom. The number of carbonyl (C=O) groups excluding carboxylic acids is 1. The molecule has 4 rings (SSSR count). The molecule has 0 aliphatic carbocycles. The van der Waals surface area contributed by atoms with E-state index >= 15 is 0 Å². The van der Waals surface area contributed by atoms with E-state index in [0.29, 0.717) is 28.2 Å². The van der Waals surface area contributed by atoms with Crippen LogP contribution < -0.4 is 9.47 Å². The summed E-state index contributed by atoms with van der Waals surface area (Å²) in [6.07, 6.45) is 1.87. The predicted octanol–water partition coefficient (Wildman–Crippen LogP) is 6.29. The number of nitrogens with zero attached hydrogens (tertiary/aromatic N) is 2. The van der Waals surface area contributed by atoms with E-state index in [1.165, 1.54) is 11.8 Å². The van der Waals surface area contributed by atoms with Gasteiger partial charge in [0.25, 0.3) is 5.91 Å². The summed E-state index contributed by atoms with van der Waals surface area (Å²) in [5.74, 6) is 1.23. The number of amides is 1. The molecule has 5 nitrogen and oxygen atoms in total. The Kier molecular flexibility index (Phi) is 7.15. The van der Waals surface area contributed by atoms with Crippen LogP contribution in [0.5, 0.6) is 11.5 Å². The van der Waals surface area contributed by atoms with Crippen molar-refractivity contribution in [3.05, 3.63) is 94.9 Å². The number of amidine groups is 1. The standard InChI is InChI=1S/C27H26N2O3S/c1-19(2)29-26(30)25(33-27(29)28-22-12-8-5-9-13-22)17-21-14-15-23(24(16-21)31-3)32-18-20-10-6-4-7-11-20/h4-17,19H,18H2,1-3H3/b25-17+,28-27?. The van der Waals surface area contributed by atoms with Crippen LogP contribution >= 0.6 is 11.8 Å². The van der Waals surface area contributed by atoms with Crippen LogP contribution in [0.4, 0.5) is 5.69 Å². The number of methoxy groups -OCH3 is 1. The van der Waals surface area contributed by atoms with Gasteiger partial charge in [0.05, 0.1) is 17.7 Å². The van der Waals surface area contributed by atoms with E-state index in [9.17, 15) is 4.79 Å². The Morgan fingerprint density at radius 1 is 0.970 bits per heavy atom. The van der Waals surface area contributed by atoms with E-state index in [0.717, 1.165) is 16.8 Å². The molecule has 0 bridgehead atoms. The maximum Gasteiger partial charge on any atom is 0.266 e. The van der Waals surface area contributed by atoms with Gasteiger partial charge in [-0.15, -0.1) is 0 Å². The highest BCUT2D eigenvalue weighted by Crippen LogP contribution is 2.37. The quantitative estimate of drug-likeness (QED) is 0.391. The minimum Gasteiger partial charge on any atom is -0.493 e. The number of ether oxygens (including phenoxy) is 2. The molecule has 0 aromatic heterocycles. The van der Waals surface area contributed by atoms with Crippen molar-refractivity contribution in [2.45, 2.75) is 26.5 Å². The average Bonchev–Trinajstić information content (AvgIpc) is 3.13. The molecule has 168 valence electrons. The smallest absolute Gasteiger partial charge is 0.266 e. The van der Waals surface area contributed by atoms with Crippen LogP contribution in [0.2, 0.25) is 0 Å². The predicted molar refractivity (Wildman–Crippen MR) is 135 cm³/mol. The van der Waals surface area contributed by atoms with Crippen LogP contribution in [0.1, 0.15) is 25.0 Å². The van der Waals surface area contributed by atoms with E-state index in [1.54, 1.807) is 12.0 Å². The molecule has 3 aromatic carbocycles. The molecule has 1 saturated heterocycles. The van der Waals surface area contributed by atoms with Gasteiger partial charge in [0.2, 0.25) is 0 Å². The summed E-state index contributed by atoms with van der Waals surface area (Å²) >= 11 is 1.39. The molecule has 33 heavy (non-hydrogen) atoms. The molecule has 1 aliphatic heterocycles. The van der Waals surface area contributed by atoms with Gasteiger partial charge in [0.1, 0.15) is 6.61 Å². The molecule has 0 atom stereocenters. The van der Waals surface area contributed by atoms with Gasteiger partial charge >= 0.3 is 0 Å². The van der Waals surface area contributed by atoms with Crippen molar-refractivity contribution < 1.29 is 14.3 Å². The molecule has 0 spiro atoms. The number of rotatable bonds is 7. The zero-order chi connectivity index (χ0) is 23.2. The van der Waals surface area contributed by atoms with Crippen molar-refractivity contribution >= 4 is 34.6 Å². The fourth-order valence-corrected chi connectivity index (χ4v) is 4.53. The summed E-state index contributed by atoms with van der Waals surface area (Å²) in [5.41, 5.74) is 2.76. The Labute approximate surface area is 198 Å². The second-order valence-corrected chi connectivity index (χ2v) is 8.80. The van der Waals surface area contributed by atoms with Gasteiger partial charge in [0, 0.05) is 6.04 Å². The van der Waals surface area contributed by atoms with Gasteiger partial charge in [-0.2, -0.15) is 0 Å². The molecular weight excluding hydrogens is 432 g/mol. The molecule has 0 unspecified atom stereocenters. The molecule has 1 heterocycles. The summed E-state index contributed by atoms with van der Waals surface area (Å²) < 4.78 is 11.5. The third kappa shape index (κ3) is 5.46. The van der Waals surface area contributed by atoms with Gasteiger partial charge in [-0.1, -0.05) is 54.6 Å². The zero-order valence-corrected chi connectivity index (χ0v) is 19.7. The van der Waals surface area contributed by atoms with Crippen molar-refractivity contribution in [1.82, 2.24) is 4.90 Å². The molecule has 1 fully saturated rings. The second-order valence-electron chi connectivity index (χ2n) is 7.79. The minimum absolute atomic E-state index is 0.00154. The van der Waals surface area contributed by atoms with E-state index in [2.05, 4.69) is 0 Å². The van der Waals surface area contributed by atoms with Gasteiger partial charge < -0.3 is 9.47 Å². The lowest BCUT2D eigenvalue weighted by atomic mass is 10.1. The van der Waals surface area contributed by atoms with Crippen molar-refractivity contribution in [2.24, 2.45) is 4.99 Å². The summed E-state index contributed by atoms with van der Waals surface area (Å²) in [5, 5.41) is 0.683. The molecule has 1 amide bonds. The topological polar surface area (TPSA) is 51.1 Å². The molecule has 3 aromatic rings. The zero-order valence-electron chi connectivity index (χ0n) is 18.9. The first-order chi connectivity index (χ1) is 16.0. The Bertz CT molecular complexity index is 1170. The summed E-state index contributed by atoms with van der Waals surface area (Å²) in [6, 6.07) is 25.3. The van der Waals surface area contributed by atoms with Gasteiger partial charge in [0.15, 0.2) is 16.7 Å². The SMILES string of the molecule is COc1cc(/C=C2/SC(=Nc3ccccc3)N(C(C)C)C2=O)ccc1OCc1ccccc1. The van der Waals surface area contributed by atoms with Gasteiger partial charge in [-0.25, -0.2) is 4.99 Å². The van der Waals surface area contributed by atoms with E-state index in [4.69, 9.17) is 14.5 Å². The number of hydrogen-bond donors (Lipinski definition) is 0. The van der Waals surface area contributed by atoms with Crippen LogP contribution in [-0.2, 0) is 11.4 Å². The third-order valence-corrected chi connectivity index (χ3v) is 6.04. The number of hydrogen-bond acceptors (Lipinski definition) is 5. The number of thioether (sulfide) groups is 1. The summed E-state index contributed by atoms with van der Waals surface area (Å²) in [4.78, 5) is 20.2. The Morgan fingerprint density at radius 2 is 1.67 bits per heavy atom. The molecule has 0 radical (unpaired) electrons. The fourth-order valence-electron chi connectivity index (χ4n) is 3.41. The highest BCUT2D eigenvalue weighted by Gasteiger charge is 2.35. The minimum atomic E-state index is -0.0481. The summed E-state index contributed by atoms with van der Waals surface area (Å²) in [7, 11) is 1.61. The lowest BCUT2D eigenvalue weighted by Gasteiger charge is -2.19. The van der Waals surface area contributed by atoms with Crippen molar-refractivity contribution in [3.63, 3.8) is 0 Å². The maximum atomic E-state index is 13.1. The van der Waals surface area contributed by atoms with Crippen molar-refractivity contribution in [1.29, 1.82) is 0 Å². The largest absolute Gasteiger partial charge is 0.493 e. The average molecular weight is 459 g/mol. The normalized spacial score (nSPS) is 16.1. The van der Waals surface area contributed by atoms with E-state index in [1.807, 2.05) is 98.8 Å². The maximum absolute atomic E-state index is 13.1. The number of benzene rings is 3. The Balaban J connectivity index is 1.57. The molecule has 0 saturated carbocycles. The van der Waals surface area contributed by atoms with Crippen LogP contribution in [0, 0.1) is 0 Å². The van der Waals surface area contributed by atoms with Crippen molar-refractivity contribution in [3.8, 4) is 11.5 Å². The van der Waals surface area contributed by atoms with Crippen LogP contribution in [0.25, 0.3) is 6.08 Å². The first-order valence-electron chi connectivity index (χ1n) is 10.8. The second kappa shape index (κ2) is 10.4. The lowest BCUT2D eigenvalue weighted by molar-refractivity contribution is -0.123. The molecule has 6 heteroatoms.